The first kappa shape index (κ1) is 15.5. The molecule has 0 aliphatic heterocycles. The highest BCUT2D eigenvalue weighted by Gasteiger charge is 2.26. The average Bonchev–Trinajstić information content (AvgIpc) is 2.73. The summed E-state index contributed by atoms with van der Waals surface area (Å²) in [5.74, 6) is 1.43. The van der Waals surface area contributed by atoms with Crippen LogP contribution in [0.2, 0.25) is 0 Å². The van der Waals surface area contributed by atoms with Gasteiger partial charge in [-0.15, -0.1) is 0 Å². The summed E-state index contributed by atoms with van der Waals surface area (Å²) >= 11 is 0. The molecule has 2 aromatic rings. The van der Waals surface area contributed by atoms with E-state index in [1.54, 1.807) is 6.20 Å². The topological polar surface area (TPSA) is 78.5 Å². The Hall–Kier alpha value is -1.85. The van der Waals surface area contributed by atoms with E-state index in [1.807, 2.05) is 6.92 Å². The third kappa shape index (κ3) is 4.06. The smallest absolute Gasteiger partial charge is 0.226 e. The molecule has 0 aromatic carbocycles. The van der Waals surface area contributed by atoms with Crippen molar-refractivity contribution in [2.45, 2.75) is 53.5 Å². The molecule has 2 aromatic heterocycles. The first-order chi connectivity index (χ1) is 9.70. The first-order valence-electron chi connectivity index (χ1n) is 7.43. The van der Waals surface area contributed by atoms with Crippen molar-refractivity contribution < 1.29 is 0 Å². The maximum Gasteiger partial charge on any atom is 0.226 e. The van der Waals surface area contributed by atoms with Gasteiger partial charge in [0.1, 0.15) is 5.82 Å². The molecule has 0 fully saturated rings. The van der Waals surface area contributed by atoms with Crippen LogP contribution in [-0.4, -0.2) is 32.2 Å². The molecule has 0 aliphatic rings. The number of rotatable bonds is 5. The fourth-order valence-electron chi connectivity index (χ4n) is 2.86. The van der Waals surface area contributed by atoms with Gasteiger partial charge in [0.15, 0.2) is 5.65 Å². The summed E-state index contributed by atoms with van der Waals surface area (Å²) < 4.78 is 0. The first-order valence-corrected chi connectivity index (χ1v) is 7.43. The van der Waals surface area contributed by atoms with Gasteiger partial charge in [-0.1, -0.05) is 20.8 Å². The Balaban J connectivity index is 2.34. The molecule has 0 saturated carbocycles. The van der Waals surface area contributed by atoms with Gasteiger partial charge in [0.25, 0.3) is 0 Å². The molecule has 0 aliphatic carbocycles. The molecule has 0 spiro atoms. The second-order valence-corrected chi connectivity index (χ2v) is 7.30. The zero-order chi connectivity index (χ0) is 15.7. The lowest BCUT2D eigenvalue weighted by Gasteiger charge is -2.34. The Morgan fingerprint density at radius 3 is 2.48 bits per heavy atom. The molecule has 0 atom stereocenters. The second kappa shape index (κ2) is 5.50. The van der Waals surface area contributed by atoms with Gasteiger partial charge in [-0.2, -0.15) is 15.1 Å². The molecule has 6 heteroatoms. The second-order valence-electron chi connectivity index (χ2n) is 7.30. The highest BCUT2D eigenvalue weighted by molar-refractivity contribution is 5.87. The van der Waals surface area contributed by atoms with Crippen LogP contribution in [-0.2, 0) is 0 Å². The lowest BCUT2D eigenvalue weighted by atomic mass is 9.82. The minimum Gasteiger partial charge on any atom is -0.364 e. The van der Waals surface area contributed by atoms with Crippen LogP contribution in [0.3, 0.4) is 0 Å². The van der Waals surface area contributed by atoms with Crippen LogP contribution in [0.15, 0.2) is 6.20 Å². The Bertz CT molecular complexity index is 608. The normalized spacial score (nSPS) is 12.7. The third-order valence-electron chi connectivity index (χ3n) is 3.07. The lowest BCUT2D eigenvalue weighted by molar-refractivity contribution is 0.302. The highest BCUT2D eigenvalue weighted by atomic mass is 15.2. The van der Waals surface area contributed by atoms with Crippen molar-refractivity contribution in [1.82, 2.24) is 20.2 Å². The van der Waals surface area contributed by atoms with E-state index in [2.05, 4.69) is 65.4 Å². The summed E-state index contributed by atoms with van der Waals surface area (Å²) in [5, 5.41) is 14.6. The van der Waals surface area contributed by atoms with E-state index < -0.39 is 0 Å². The summed E-state index contributed by atoms with van der Waals surface area (Å²) in [6.45, 7) is 13.9. The Labute approximate surface area is 126 Å². The maximum absolute atomic E-state index is 4.58. The van der Waals surface area contributed by atoms with Gasteiger partial charge < -0.3 is 10.6 Å². The fraction of sp³-hybridized carbons (Fsp3) is 0.667. The van der Waals surface area contributed by atoms with Crippen LogP contribution in [0.1, 0.15) is 48.0 Å². The van der Waals surface area contributed by atoms with Crippen LogP contribution >= 0.6 is 0 Å². The summed E-state index contributed by atoms with van der Waals surface area (Å²) in [6, 6.07) is 0. The predicted molar refractivity (Wildman–Crippen MR) is 87.6 cm³/mol. The Kier molecular flexibility index (Phi) is 4.07. The SMILES string of the molecule is CCNc1nc(NC(C)(C)CC(C)(C)C)c2cn[nH]c2n1. The van der Waals surface area contributed by atoms with Crippen molar-refractivity contribution in [1.29, 1.82) is 0 Å². The lowest BCUT2D eigenvalue weighted by Crippen LogP contribution is -2.35. The van der Waals surface area contributed by atoms with Crippen LogP contribution < -0.4 is 10.6 Å². The van der Waals surface area contributed by atoms with Crippen LogP contribution in [0.4, 0.5) is 11.8 Å². The molecule has 2 heterocycles. The van der Waals surface area contributed by atoms with Crippen molar-refractivity contribution in [2.24, 2.45) is 5.41 Å². The van der Waals surface area contributed by atoms with E-state index >= 15 is 0 Å². The molecule has 2 rings (SSSR count). The van der Waals surface area contributed by atoms with Gasteiger partial charge in [0, 0.05) is 12.1 Å². The number of nitrogens with zero attached hydrogens (tertiary/aromatic N) is 3. The van der Waals surface area contributed by atoms with Crippen LogP contribution in [0.25, 0.3) is 11.0 Å². The number of aromatic nitrogens is 4. The largest absolute Gasteiger partial charge is 0.364 e. The highest BCUT2D eigenvalue weighted by Crippen LogP contribution is 2.31. The number of fused-ring (bicyclic) bond motifs is 1. The maximum atomic E-state index is 4.58. The molecule has 21 heavy (non-hydrogen) atoms. The van der Waals surface area contributed by atoms with Gasteiger partial charge in [-0.25, -0.2) is 0 Å². The summed E-state index contributed by atoms with van der Waals surface area (Å²) in [4.78, 5) is 8.99. The number of nitrogens with one attached hydrogen (secondary N) is 3. The average molecular weight is 290 g/mol. The third-order valence-corrected chi connectivity index (χ3v) is 3.07. The fourth-order valence-corrected chi connectivity index (χ4v) is 2.86. The van der Waals surface area contributed by atoms with Crippen molar-refractivity contribution in [3.05, 3.63) is 6.20 Å². The van der Waals surface area contributed by atoms with Gasteiger partial charge >= 0.3 is 0 Å². The van der Waals surface area contributed by atoms with E-state index in [0.29, 0.717) is 5.95 Å². The van der Waals surface area contributed by atoms with Crippen LogP contribution in [0.5, 0.6) is 0 Å². The molecule has 0 unspecified atom stereocenters. The molecule has 6 nitrogen and oxygen atoms in total. The van der Waals surface area contributed by atoms with Gasteiger partial charge in [-0.3, -0.25) is 5.10 Å². The molecular formula is C15H26N6. The monoisotopic (exact) mass is 290 g/mol. The van der Waals surface area contributed by atoms with E-state index in [0.717, 1.165) is 29.8 Å². The molecule has 0 bridgehead atoms. The molecule has 3 N–H and O–H groups in total. The zero-order valence-corrected chi connectivity index (χ0v) is 13.8. The van der Waals surface area contributed by atoms with Gasteiger partial charge in [-0.05, 0) is 32.6 Å². The number of hydrogen-bond donors (Lipinski definition) is 3. The summed E-state index contributed by atoms with van der Waals surface area (Å²) in [5.41, 5.74) is 0.916. The molecule has 0 amide bonds. The van der Waals surface area contributed by atoms with Crippen molar-refractivity contribution in [3.8, 4) is 0 Å². The van der Waals surface area contributed by atoms with E-state index in [1.165, 1.54) is 0 Å². The number of aromatic amines is 1. The number of H-pyrrole nitrogens is 1. The van der Waals surface area contributed by atoms with E-state index in [9.17, 15) is 0 Å². The zero-order valence-electron chi connectivity index (χ0n) is 13.8. The van der Waals surface area contributed by atoms with Crippen molar-refractivity contribution >= 4 is 22.8 Å². The predicted octanol–water partition coefficient (Wildman–Crippen LogP) is 3.41. The van der Waals surface area contributed by atoms with Gasteiger partial charge in [0.05, 0.1) is 11.6 Å². The minimum atomic E-state index is -0.0692. The Morgan fingerprint density at radius 1 is 1.14 bits per heavy atom. The van der Waals surface area contributed by atoms with Crippen LogP contribution in [0, 0.1) is 5.41 Å². The summed E-state index contributed by atoms with van der Waals surface area (Å²) in [6.07, 6.45) is 2.79. The van der Waals surface area contributed by atoms with E-state index in [-0.39, 0.29) is 11.0 Å². The molecule has 0 saturated heterocycles. The van der Waals surface area contributed by atoms with Crippen molar-refractivity contribution in [3.63, 3.8) is 0 Å². The Morgan fingerprint density at radius 2 is 1.86 bits per heavy atom. The molecule has 0 radical (unpaired) electrons. The minimum absolute atomic E-state index is 0.0692. The standard InChI is InChI=1S/C15H26N6/c1-7-16-13-18-11(10-8-17-21-12(10)19-13)20-15(5,6)9-14(2,3)4/h8H,7,9H2,1-6H3,(H3,16,17,18,19,20,21). The van der Waals surface area contributed by atoms with Gasteiger partial charge in [0.2, 0.25) is 5.95 Å². The summed E-state index contributed by atoms with van der Waals surface area (Å²) in [7, 11) is 0. The molecular weight excluding hydrogens is 264 g/mol. The number of anilines is 2. The van der Waals surface area contributed by atoms with Crippen molar-refractivity contribution in [2.75, 3.05) is 17.2 Å². The molecule has 116 valence electrons. The number of hydrogen-bond acceptors (Lipinski definition) is 5. The van der Waals surface area contributed by atoms with E-state index in [4.69, 9.17) is 0 Å². The quantitative estimate of drug-likeness (QED) is 0.786.